The van der Waals surface area contributed by atoms with E-state index in [1.807, 2.05) is 6.07 Å². The van der Waals surface area contributed by atoms with Crippen molar-refractivity contribution in [3.05, 3.63) is 57.9 Å². The Balaban J connectivity index is 1.50. The molecular formula is C22H24ClN3O3S2. The lowest BCUT2D eigenvalue weighted by atomic mass is 10.0. The maximum absolute atomic E-state index is 13.2. The number of ether oxygens (including phenoxy) is 1. The fraction of sp³-hybridized carbons (Fsp3) is 0.318. The van der Waals surface area contributed by atoms with Crippen molar-refractivity contribution in [1.29, 1.82) is 0 Å². The molecule has 0 atom stereocenters. The number of aryl methyl sites for hydroxylation is 1. The van der Waals surface area contributed by atoms with Crippen LogP contribution in [0.1, 0.15) is 11.1 Å². The number of halogens is 1. The maximum Gasteiger partial charge on any atom is 0.246 e. The van der Waals surface area contributed by atoms with E-state index in [4.69, 9.17) is 21.3 Å². The zero-order chi connectivity index (χ0) is 22.2. The third kappa shape index (κ3) is 4.30. The number of anilines is 1. The molecule has 1 aliphatic rings. The summed E-state index contributed by atoms with van der Waals surface area (Å²) in [4.78, 5) is 7.07. The van der Waals surface area contributed by atoms with E-state index in [0.717, 1.165) is 16.4 Å². The molecule has 0 unspecified atom stereocenters. The molecule has 1 aliphatic heterocycles. The number of benzene rings is 2. The van der Waals surface area contributed by atoms with E-state index >= 15 is 0 Å². The Morgan fingerprint density at radius 1 is 1.10 bits per heavy atom. The summed E-state index contributed by atoms with van der Waals surface area (Å²) in [5, 5.41) is 3.34. The summed E-state index contributed by atoms with van der Waals surface area (Å²) in [6.45, 7) is 6.09. The van der Waals surface area contributed by atoms with Crippen molar-refractivity contribution in [1.82, 2.24) is 9.29 Å². The Morgan fingerprint density at radius 3 is 2.55 bits per heavy atom. The van der Waals surface area contributed by atoms with E-state index < -0.39 is 10.0 Å². The summed E-state index contributed by atoms with van der Waals surface area (Å²) in [5.74, 6) is 0.296. The minimum atomic E-state index is -3.70. The van der Waals surface area contributed by atoms with E-state index in [2.05, 4.69) is 36.3 Å². The number of rotatable bonds is 5. The second kappa shape index (κ2) is 8.78. The van der Waals surface area contributed by atoms with E-state index in [-0.39, 0.29) is 4.90 Å². The molecule has 2 heterocycles. The fourth-order valence-electron chi connectivity index (χ4n) is 3.67. The Labute approximate surface area is 192 Å². The van der Waals surface area contributed by atoms with Crippen LogP contribution in [-0.2, 0) is 10.0 Å². The molecule has 0 radical (unpaired) electrons. The first-order valence-corrected chi connectivity index (χ1v) is 12.6. The van der Waals surface area contributed by atoms with Crippen LogP contribution in [0.4, 0.5) is 5.13 Å². The summed E-state index contributed by atoms with van der Waals surface area (Å²) in [6, 6.07) is 10.9. The van der Waals surface area contributed by atoms with E-state index in [0.29, 0.717) is 37.0 Å². The topological polar surface area (TPSA) is 62.7 Å². The standard InChI is InChI=1S/C22H24ClN3O3S2/c1-15-5-4-6-18(16(15)2)19-14-30-22(24-19)25-9-11-26(12-10-25)31(27,28)21-13-17(23)7-8-20(21)29-3/h4-8,13-14H,9-12H2,1-3H3. The second-order valence-electron chi connectivity index (χ2n) is 7.45. The van der Waals surface area contributed by atoms with Crippen LogP contribution in [0.15, 0.2) is 46.7 Å². The smallest absolute Gasteiger partial charge is 0.246 e. The van der Waals surface area contributed by atoms with Gasteiger partial charge in [-0.05, 0) is 43.2 Å². The van der Waals surface area contributed by atoms with Crippen LogP contribution < -0.4 is 9.64 Å². The van der Waals surface area contributed by atoms with Gasteiger partial charge >= 0.3 is 0 Å². The van der Waals surface area contributed by atoms with Gasteiger partial charge in [0.1, 0.15) is 10.6 Å². The van der Waals surface area contributed by atoms with Crippen molar-refractivity contribution in [3.63, 3.8) is 0 Å². The minimum Gasteiger partial charge on any atom is -0.495 e. The molecule has 3 aromatic rings. The van der Waals surface area contributed by atoms with Crippen LogP contribution in [0, 0.1) is 13.8 Å². The van der Waals surface area contributed by atoms with E-state index in [1.165, 1.54) is 28.6 Å². The molecule has 1 fully saturated rings. The first-order valence-electron chi connectivity index (χ1n) is 9.92. The molecule has 0 aliphatic carbocycles. The molecule has 31 heavy (non-hydrogen) atoms. The predicted octanol–water partition coefficient (Wildman–Crippen LogP) is 4.60. The summed E-state index contributed by atoms with van der Waals surface area (Å²) in [7, 11) is -2.25. The molecule has 0 N–H and O–H groups in total. The van der Waals surface area contributed by atoms with Gasteiger partial charge in [-0.1, -0.05) is 29.8 Å². The van der Waals surface area contributed by atoms with Gasteiger partial charge in [-0.2, -0.15) is 4.31 Å². The van der Waals surface area contributed by atoms with E-state index in [1.54, 1.807) is 23.5 Å². The van der Waals surface area contributed by atoms with Crippen molar-refractivity contribution >= 4 is 38.1 Å². The van der Waals surface area contributed by atoms with Crippen LogP contribution in [0.2, 0.25) is 5.02 Å². The lowest BCUT2D eigenvalue weighted by Crippen LogP contribution is -2.48. The monoisotopic (exact) mass is 477 g/mol. The van der Waals surface area contributed by atoms with E-state index in [9.17, 15) is 8.42 Å². The summed E-state index contributed by atoms with van der Waals surface area (Å²) in [6.07, 6.45) is 0. The molecule has 2 aromatic carbocycles. The van der Waals surface area contributed by atoms with Gasteiger partial charge < -0.3 is 9.64 Å². The third-order valence-corrected chi connectivity index (χ3v) is 8.68. The average Bonchev–Trinajstić information content (AvgIpc) is 3.26. The van der Waals surface area contributed by atoms with Gasteiger partial charge in [0.05, 0.1) is 12.8 Å². The highest BCUT2D eigenvalue weighted by atomic mass is 35.5. The van der Waals surface area contributed by atoms with Crippen molar-refractivity contribution in [2.75, 3.05) is 38.2 Å². The quantitative estimate of drug-likeness (QED) is 0.537. The molecule has 0 bridgehead atoms. The first kappa shape index (κ1) is 22.1. The summed E-state index contributed by atoms with van der Waals surface area (Å²) in [5.41, 5.74) is 4.56. The number of piperazine rings is 1. The molecule has 9 heteroatoms. The van der Waals surface area contributed by atoms with Crippen molar-refractivity contribution < 1.29 is 13.2 Å². The van der Waals surface area contributed by atoms with Crippen LogP contribution >= 0.6 is 22.9 Å². The maximum atomic E-state index is 13.2. The van der Waals surface area contributed by atoms with Gasteiger partial charge in [0.2, 0.25) is 10.0 Å². The molecular weight excluding hydrogens is 454 g/mol. The van der Waals surface area contributed by atoms with Crippen molar-refractivity contribution in [2.45, 2.75) is 18.7 Å². The van der Waals surface area contributed by atoms with Crippen LogP contribution in [0.5, 0.6) is 5.75 Å². The number of nitrogens with zero attached hydrogens (tertiary/aromatic N) is 3. The molecule has 164 valence electrons. The van der Waals surface area contributed by atoms with Gasteiger partial charge in [-0.3, -0.25) is 0 Å². The second-order valence-corrected chi connectivity index (χ2v) is 10.6. The molecule has 0 amide bonds. The van der Waals surface area contributed by atoms with Gasteiger partial charge in [-0.25, -0.2) is 13.4 Å². The molecule has 1 saturated heterocycles. The van der Waals surface area contributed by atoms with Crippen molar-refractivity contribution in [3.8, 4) is 17.0 Å². The van der Waals surface area contributed by atoms with Gasteiger partial charge in [0, 0.05) is 42.1 Å². The normalized spacial score (nSPS) is 15.3. The zero-order valence-corrected chi connectivity index (χ0v) is 20.0. The van der Waals surface area contributed by atoms with Crippen LogP contribution in [-0.4, -0.2) is 51.0 Å². The third-order valence-electron chi connectivity index (χ3n) is 5.63. The van der Waals surface area contributed by atoms with Crippen molar-refractivity contribution in [2.24, 2.45) is 0 Å². The summed E-state index contributed by atoms with van der Waals surface area (Å²) < 4.78 is 33.1. The molecule has 6 nitrogen and oxygen atoms in total. The highest BCUT2D eigenvalue weighted by Crippen LogP contribution is 2.33. The number of hydrogen-bond donors (Lipinski definition) is 0. The highest BCUT2D eigenvalue weighted by molar-refractivity contribution is 7.89. The lowest BCUT2D eigenvalue weighted by Gasteiger charge is -2.34. The Bertz CT molecular complexity index is 1200. The molecule has 1 aromatic heterocycles. The molecule has 4 rings (SSSR count). The predicted molar refractivity (Wildman–Crippen MR) is 126 cm³/mol. The Morgan fingerprint density at radius 2 is 1.84 bits per heavy atom. The minimum absolute atomic E-state index is 0.0995. The largest absolute Gasteiger partial charge is 0.495 e. The Kier molecular flexibility index (Phi) is 6.25. The number of thiazole rings is 1. The summed E-state index contributed by atoms with van der Waals surface area (Å²) >= 11 is 7.63. The zero-order valence-electron chi connectivity index (χ0n) is 17.6. The lowest BCUT2D eigenvalue weighted by molar-refractivity contribution is 0.374. The SMILES string of the molecule is COc1ccc(Cl)cc1S(=O)(=O)N1CCN(c2nc(-c3cccc(C)c3C)cs2)CC1. The van der Waals surface area contributed by atoms with Gasteiger partial charge in [0.25, 0.3) is 0 Å². The number of aromatic nitrogens is 1. The highest BCUT2D eigenvalue weighted by Gasteiger charge is 2.31. The van der Waals surface area contributed by atoms with Crippen LogP contribution in [0.25, 0.3) is 11.3 Å². The fourth-order valence-corrected chi connectivity index (χ4v) is 6.39. The number of methoxy groups -OCH3 is 1. The first-order chi connectivity index (χ1) is 14.8. The van der Waals surface area contributed by atoms with Gasteiger partial charge in [-0.15, -0.1) is 11.3 Å². The average molecular weight is 478 g/mol. The number of sulfonamides is 1. The van der Waals surface area contributed by atoms with Crippen LogP contribution in [0.3, 0.4) is 0 Å². The molecule has 0 saturated carbocycles. The molecule has 0 spiro atoms. The van der Waals surface area contributed by atoms with Gasteiger partial charge in [0.15, 0.2) is 5.13 Å². The number of hydrogen-bond acceptors (Lipinski definition) is 6. The Hall–Kier alpha value is -2.13.